The molecule has 0 bridgehead atoms. The molecule has 0 aliphatic rings. The third-order valence-corrected chi connectivity index (χ3v) is 3.46. The van der Waals surface area contributed by atoms with Crippen molar-refractivity contribution >= 4 is 5.97 Å². The van der Waals surface area contributed by atoms with Crippen molar-refractivity contribution < 1.29 is 19.0 Å². The van der Waals surface area contributed by atoms with Crippen molar-refractivity contribution in [3.05, 3.63) is 42.2 Å². The Hall–Kier alpha value is -2.51. The van der Waals surface area contributed by atoms with Crippen LogP contribution in [-0.4, -0.2) is 41.4 Å². The molecule has 27 heavy (non-hydrogen) atoms. The van der Waals surface area contributed by atoms with Crippen molar-refractivity contribution in [2.45, 2.75) is 39.3 Å². The fourth-order valence-electron chi connectivity index (χ4n) is 2.22. The maximum Gasteiger partial charge on any atom is 0.332 e. The lowest BCUT2D eigenvalue weighted by Gasteiger charge is -2.19. The normalized spacial score (nSPS) is 12.5. The average molecular weight is 373 g/mol. The Morgan fingerprint density at radius 3 is 2.30 bits per heavy atom. The molecular weight excluding hydrogens is 346 g/mol. The van der Waals surface area contributed by atoms with Gasteiger partial charge in [0.05, 0.1) is 19.0 Å². The second kappa shape index (κ2) is 9.43. The van der Waals surface area contributed by atoms with Crippen LogP contribution in [0.5, 0.6) is 5.75 Å². The molecule has 0 saturated carbocycles. The van der Waals surface area contributed by atoms with Gasteiger partial charge in [-0.3, -0.25) is 0 Å². The van der Waals surface area contributed by atoms with Gasteiger partial charge in [0.2, 0.25) is 0 Å². The van der Waals surface area contributed by atoms with Crippen LogP contribution in [0.4, 0.5) is 0 Å². The minimum absolute atomic E-state index is 0.00622. The summed E-state index contributed by atoms with van der Waals surface area (Å²) in [7, 11) is 0. The van der Waals surface area contributed by atoms with Gasteiger partial charge in [0.1, 0.15) is 18.8 Å². The summed E-state index contributed by atoms with van der Waals surface area (Å²) in [4.78, 5) is 20.1. The number of nitrogens with zero attached hydrogens (tertiary/aromatic N) is 2. The first-order valence-corrected chi connectivity index (χ1v) is 8.85. The lowest BCUT2D eigenvalue weighted by atomic mass is 10.1. The lowest BCUT2D eigenvalue weighted by Crippen LogP contribution is -2.27. The molecule has 2 aromatic rings. The van der Waals surface area contributed by atoms with Gasteiger partial charge >= 0.3 is 5.97 Å². The average Bonchev–Trinajstić information content (AvgIpc) is 2.60. The Kier molecular flexibility index (Phi) is 7.27. The largest absolute Gasteiger partial charge is 0.488 e. The highest BCUT2D eigenvalue weighted by atomic mass is 16.6. The molecule has 1 heterocycles. The molecule has 0 aliphatic heterocycles. The van der Waals surface area contributed by atoms with Gasteiger partial charge in [0.25, 0.3) is 0 Å². The van der Waals surface area contributed by atoms with E-state index in [0.717, 1.165) is 11.1 Å². The standard InChI is InChI=1S/C20H27N3O4/c1-14(21)15-5-7-16(8-6-15)19-22-11-17(12-23-19)26-10-9-25-13-18(24)27-20(2,3)4/h5-8,11-12,14H,9-10,13,21H2,1-4H3/t14-/m0/s1. The molecule has 0 amide bonds. The molecule has 0 spiro atoms. The minimum Gasteiger partial charge on any atom is -0.488 e. The van der Waals surface area contributed by atoms with Crippen molar-refractivity contribution in [2.24, 2.45) is 5.73 Å². The highest BCUT2D eigenvalue weighted by Gasteiger charge is 2.15. The summed E-state index contributed by atoms with van der Waals surface area (Å²) >= 11 is 0. The van der Waals surface area contributed by atoms with Crippen LogP contribution in [0.15, 0.2) is 36.7 Å². The Balaban J connectivity index is 1.75. The first-order valence-electron chi connectivity index (χ1n) is 8.85. The monoisotopic (exact) mass is 373 g/mol. The van der Waals surface area contributed by atoms with E-state index in [4.69, 9.17) is 19.9 Å². The molecule has 0 radical (unpaired) electrons. The van der Waals surface area contributed by atoms with Crippen molar-refractivity contribution in [1.82, 2.24) is 9.97 Å². The molecular formula is C20H27N3O4. The Morgan fingerprint density at radius 2 is 1.74 bits per heavy atom. The highest BCUT2D eigenvalue weighted by molar-refractivity contribution is 5.71. The number of carbonyl (C=O) groups excluding carboxylic acids is 1. The summed E-state index contributed by atoms with van der Waals surface area (Å²) in [6.45, 7) is 7.82. The zero-order chi connectivity index (χ0) is 19.9. The van der Waals surface area contributed by atoms with E-state index < -0.39 is 11.6 Å². The fraction of sp³-hybridized carbons (Fsp3) is 0.450. The Bertz CT molecular complexity index is 722. The smallest absolute Gasteiger partial charge is 0.332 e. The number of esters is 1. The van der Waals surface area contributed by atoms with Crippen LogP contribution in [-0.2, 0) is 14.3 Å². The number of nitrogens with two attached hydrogens (primary N) is 1. The molecule has 1 atom stereocenters. The van der Waals surface area contributed by atoms with Gasteiger partial charge in [-0.1, -0.05) is 24.3 Å². The molecule has 0 saturated heterocycles. The van der Waals surface area contributed by atoms with Crippen LogP contribution in [0.2, 0.25) is 0 Å². The fourth-order valence-corrected chi connectivity index (χ4v) is 2.22. The quantitative estimate of drug-likeness (QED) is 0.561. The molecule has 146 valence electrons. The third-order valence-electron chi connectivity index (χ3n) is 3.46. The topological polar surface area (TPSA) is 96.6 Å². The van der Waals surface area contributed by atoms with E-state index in [1.807, 2.05) is 52.0 Å². The summed E-state index contributed by atoms with van der Waals surface area (Å²) in [6, 6.07) is 7.82. The van der Waals surface area contributed by atoms with Crippen molar-refractivity contribution in [3.8, 4) is 17.1 Å². The van der Waals surface area contributed by atoms with E-state index in [1.54, 1.807) is 12.4 Å². The zero-order valence-corrected chi connectivity index (χ0v) is 16.3. The Morgan fingerprint density at radius 1 is 1.11 bits per heavy atom. The number of hydrogen-bond acceptors (Lipinski definition) is 7. The number of ether oxygens (including phenoxy) is 3. The first-order chi connectivity index (χ1) is 12.7. The molecule has 1 aromatic carbocycles. The van der Waals surface area contributed by atoms with Gasteiger partial charge in [-0.2, -0.15) is 0 Å². The van der Waals surface area contributed by atoms with Crippen LogP contribution >= 0.6 is 0 Å². The second-order valence-electron chi connectivity index (χ2n) is 7.14. The van der Waals surface area contributed by atoms with Crippen LogP contribution in [0, 0.1) is 0 Å². The van der Waals surface area contributed by atoms with E-state index in [-0.39, 0.29) is 25.9 Å². The number of aromatic nitrogens is 2. The molecule has 0 aliphatic carbocycles. The molecule has 1 aromatic heterocycles. The van der Waals surface area contributed by atoms with Crippen LogP contribution in [0.1, 0.15) is 39.3 Å². The van der Waals surface area contributed by atoms with Crippen LogP contribution in [0.25, 0.3) is 11.4 Å². The van der Waals surface area contributed by atoms with Gasteiger partial charge in [-0.15, -0.1) is 0 Å². The van der Waals surface area contributed by atoms with Gasteiger partial charge < -0.3 is 19.9 Å². The molecule has 0 fully saturated rings. The molecule has 2 rings (SSSR count). The SMILES string of the molecule is C[C@H](N)c1ccc(-c2ncc(OCCOCC(=O)OC(C)(C)C)cn2)cc1. The van der Waals surface area contributed by atoms with E-state index in [1.165, 1.54) is 0 Å². The van der Waals surface area contributed by atoms with E-state index in [0.29, 0.717) is 11.6 Å². The van der Waals surface area contributed by atoms with Gasteiger partial charge in [0.15, 0.2) is 11.6 Å². The van der Waals surface area contributed by atoms with Crippen LogP contribution < -0.4 is 10.5 Å². The zero-order valence-electron chi connectivity index (χ0n) is 16.3. The number of rotatable bonds is 8. The van der Waals surface area contributed by atoms with E-state index >= 15 is 0 Å². The van der Waals surface area contributed by atoms with Gasteiger partial charge in [0, 0.05) is 11.6 Å². The Labute approximate surface area is 159 Å². The van der Waals surface area contributed by atoms with E-state index in [9.17, 15) is 4.79 Å². The second-order valence-corrected chi connectivity index (χ2v) is 7.14. The summed E-state index contributed by atoms with van der Waals surface area (Å²) in [5.41, 5.74) is 7.30. The summed E-state index contributed by atoms with van der Waals surface area (Å²) in [5, 5.41) is 0. The predicted octanol–water partition coefficient (Wildman–Crippen LogP) is 2.90. The first kappa shape index (κ1) is 20.8. The van der Waals surface area contributed by atoms with Gasteiger partial charge in [-0.25, -0.2) is 14.8 Å². The maximum atomic E-state index is 11.5. The molecule has 7 heteroatoms. The highest BCUT2D eigenvalue weighted by Crippen LogP contribution is 2.19. The van der Waals surface area contributed by atoms with E-state index in [2.05, 4.69) is 9.97 Å². The predicted molar refractivity (Wildman–Crippen MR) is 102 cm³/mol. The van der Waals surface area contributed by atoms with Crippen LogP contribution in [0.3, 0.4) is 0 Å². The number of hydrogen-bond donors (Lipinski definition) is 1. The lowest BCUT2D eigenvalue weighted by molar-refractivity contribution is -0.160. The number of benzene rings is 1. The van der Waals surface area contributed by atoms with Crippen molar-refractivity contribution in [3.63, 3.8) is 0 Å². The third kappa shape index (κ3) is 7.32. The summed E-state index contributed by atoms with van der Waals surface area (Å²) in [6.07, 6.45) is 3.21. The minimum atomic E-state index is -0.515. The summed E-state index contributed by atoms with van der Waals surface area (Å²) in [5.74, 6) is 0.747. The number of carbonyl (C=O) groups is 1. The van der Waals surface area contributed by atoms with Crippen molar-refractivity contribution in [2.75, 3.05) is 19.8 Å². The maximum absolute atomic E-state index is 11.5. The van der Waals surface area contributed by atoms with Crippen molar-refractivity contribution in [1.29, 1.82) is 0 Å². The summed E-state index contributed by atoms with van der Waals surface area (Å²) < 4.78 is 15.9. The van der Waals surface area contributed by atoms with Gasteiger partial charge in [-0.05, 0) is 33.3 Å². The molecule has 2 N–H and O–H groups in total. The molecule has 7 nitrogen and oxygen atoms in total. The molecule has 0 unspecified atom stereocenters.